The van der Waals surface area contributed by atoms with Gasteiger partial charge in [0, 0.05) is 11.8 Å². The number of benzene rings is 1. The second-order valence-corrected chi connectivity index (χ2v) is 7.33. The molecule has 0 saturated carbocycles. The highest BCUT2D eigenvalue weighted by atomic mass is 32.2. The number of nitrogens with one attached hydrogen (secondary N) is 1. The SMILES string of the molecule is Cc1cc(NC(=O)[C@@H](C)Sc2nnc(-c3ccco3)n2-c2ccccc2)no1. The molecule has 9 heteroatoms. The predicted molar refractivity (Wildman–Crippen MR) is 104 cm³/mol. The van der Waals surface area contributed by atoms with Crippen molar-refractivity contribution in [1.29, 1.82) is 0 Å². The number of hydrogen-bond acceptors (Lipinski definition) is 7. The molecule has 8 nitrogen and oxygen atoms in total. The third-order valence-corrected chi connectivity index (χ3v) is 4.96. The first-order valence-electron chi connectivity index (χ1n) is 8.57. The summed E-state index contributed by atoms with van der Waals surface area (Å²) in [6.07, 6.45) is 1.59. The van der Waals surface area contributed by atoms with Crippen molar-refractivity contribution in [2.45, 2.75) is 24.3 Å². The molecule has 1 amide bonds. The molecular formula is C19H17N5O3S. The van der Waals surface area contributed by atoms with Crippen LogP contribution in [0.15, 0.2) is 68.9 Å². The van der Waals surface area contributed by atoms with E-state index in [-0.39, 0.29) is 5.91 Å². The fourth-order valence-electron chi connectivity index (χ4n) is 2.59. The number of aromatic nitrogens is 4. The number of nitrogens with zero attached hydrogens (tertiary/aromatic N) is 4. The molecular weight excluding hydrogens is 378 g/mol. The van der Waals surface area contributed by atoms with Crippen LogP contribution in [0.3, 0.4) is 0 Å². The number of para-hydroxylation sites is 1. The predicted octanol–water partition coefficient (Wildman–Crippen LogP) is 3.94. The summed E-state index contributed by atoms with van der Waals surface area (Å²) in [5.41, 5.74) is 0.876. The van der Waals surface area contributed by atoms with E-state index >= 15 is 0 Å². The third kappa shape index (κ3) is 3.70. The highest BCUT2D eigenvalue weighted by Gasteiger charge is 2.23. The van der Waals surface area contributed by atoms with Crippen molar-refractivity contribution in [1.82, 2.24) is 19.9 Å². The van der Waals surface area contributed by atoms with Crippen molar-refractivity contribution in [3.63, 3.8) is 0 Å². The van der Waals surface area contributed by atoms with Gasteiger partial charge in [-0.2, -0.15) is 0 Å². The normalized spacial score (nSPS) is 12.1. The number of aryl methyl sites for hydroxylation is 1. The summed E-state index contributed by atoms with van der Waals surface area (Å²) in [6, 6.07) is 15.0. The zero-order valence-electron chi connectivity index (χ0n) is 15.2. The molecule has 4 aromatic rings. The molecule has 0 radical (unpaired) electrons. The lowest BCUT2D eigenvalue weighted by molar-refractivity contribution is -0.115. The topological polar surface area (TPSA) is 99.0 Å². The molecule has 3 aromatic heterocycles. The monoisotopic (exact) mass is 395 g/mol. The first-order chi connectivity index (χ1) is 13.6. The van der Waals surface area contributed by atoms with Gasteiger partial charge in [0.2, 0.25) is 11.7 Å². The number of furan rings is 1. The number of rotatable bonds is 6. The van der Waals surface area contributed by atoms with Crippen molar-refractivity contribution in [3.05, 3.63) is 60.6 Å². The van der Waals surface area contributed by atoms with Gasteiger partial charge in [-0.3, -0.25) is 9.36 Å². The van der Waals surface area contributed by atoms with Gasteiger partial charge in [0.25, 0.3) is 0 Å². The Kier molecular flexibility index (Phi) is 4.98. The van der Waals surface area contributed by atoms with Gasteiger partial charge < -0.3 is 14.3 Å². The second kappa shape index (κ2) is 7.73. The zero-order chi connectivity index (χ0) is 19.5. The van der Waals surface area contributed by atoms with Gasteiger partial charge in [0.05, 0.1) is 11.5 Å². The Bertz CT molecular complexity index is 1070. The van der Waals surface area contributed by atoms with E-state index in [0.29, 0.717) is 28.3 Å². The van der Waals surface area contributed by atoms with Crippen molar-refractivity contribution in [2.75, 3.05) is 5.32 Å². The lowest BCUT2D eigenvalue weighted by Crippen LogP contribution is -2.23. The van der Waals surface area contributed by atoms with Crippen LogP contribution in [0.2, 0.25) is 0 Å². The van der Waals surface area contributed by atoms with Gasteiger partial charge in [-0.15, -0.1) is 10.2 Å². The molecule has 0 aliphatic heterocycles. The fraction of sp³-hybridized carbons (Fsp3) is 0.158. The summed E-state index contributed by atoms with van der Waals surface area (Å²) in [5, 5.41) is 15.2. The Hall–Kier alpha value is -3.33. The van der Waals surface area contributed by atoms with E-state index in [1.54, 1.807) is 32.2 Å². The summed E-state index contributed by atoms with van der Waals surface area (Å²) in [5.74, 6) is 1.97. The molecule has 1 N–H and O–H groups in total. The fourth-order valence-corrected chi connectivity index (χ4v) is 3.45. The zero-order valence-corrected chi connectivity index (χ0v) is 16.0. The average molecular weight is 395 g/mol. The Morgan fingerprint density at radius 3 is 2.68 bits per heavy atom. The van der Waals surface area contributed by atoms with Crippen LogP contribution < -0.4 is 5.32 Å². The summed E-state index contributed by atoms with van der Waals surface area (Å²) >= 11 is 1.29. The van der Waals surface area contributed by atoms with E-state index in [4.69, 9.17) is 8.94 Å². The minimum Gasteiger partial charge on any atom is -0.461 e. The molecule has 0 aliphatic carbocycles. The van der Waals surface area contributed by atoms with E-state index in [0.717, 1.165) is 5.69 Å². The molecule has 4 rings (SSSR count). The minimum atomic E-state index is -0.437. The number of carbonyl (C=O) groups excluding carboxylic acids is 1. The summed E-state index contributed by atoms with van der Waals surface area (Å²) in [4.78, 5) is 12.5. The van der Waals surface area contributed by atoms with Gasteiger partial charge >= 0.3 is 0 Å². The molecule has 0 saturated heterocycles. The Balaban J connectivity index is 1.61. The number of hydrogen-bond donors (Lipinski definition) is 1. The highest BCUT2D eigenvalue weighted by molar-refractivity contribution is 8.00. The molecule has 0 bridgehead atoms. The molecule has 0 aliphatic rings. The maximum absolute atomic E-state index is 12.5. The first kappa shape index (κ1) is 18.1. The molecule has 1 atom stereocenters. The summed E-state index contributed by atoms with van der Waals surface area (Å²) < 4.78 is 12.3. The van der Waals surface area contributed by atoms with Gasteiger partial charge in [-0.1, -0.05) is 35.1 Å². The smallest absolute Gasteiger partial charge is 0.238 e. The number of amides is 1. The van der Waals surface area contributed by atoms with Crippen molar-refractivity contribution in [2.24, 2.45) is 0 Å². The summed E-state index contributed by atoms with van der Waals surface area (Å²) in [6.45, 7) is 3.56. The van der Waals surface area contributed by atoms with Gasteiger partial charge in [0.1, 0.15) is 5.76 Å². The van der Waals surface area contributed by atoms with E-state index < -0.39 is 5.25 Å². The van der Waals surface area contributed by atoms with E-state index in [1.807, 2.05) is 41.0 Å². The lowest BCUT2D eigenvalue weighted by atomic mass is 10.3. The minimum absolute atomic E-state index is 0.208. The van der Waals surface area contributed by atoms with Gasteiger partial charge in [-0.05, 0) is 38.1 Å². The van der Waals surface area contributed by atoms with Crippen molar-refractivity contribution in [3.8, 4) is 17.3 Å². The molecule has 142 valence electrons. The van der Waals surface area contributed by atoms with Crippen LogP contribution in [-0.2, 0) is 4.79 Å². The quantitative estimate of drug-likeness (QED) is 0.494. The van der Waals surface area contributed by atoms with Crippen LogP contribution in [0, 0.1) is 6.92 Å². The molecule has 1 aromatic carbocycles. The number of thioether (sulfide) groups is 1. The average Bonchev–Trinajstić information content (AvgIpc) is 3.43. The van der Waals surface area contributed by atoms with Crippen LogP contribution in [0.1, 0.15) is 12.7 Å². The van der Waals surface area contributed by atoms with E-state index in [1.165, 1.54) is 11.8 Å². The van der Waals surface area contributed by atoms with Crippen LogP contribution in [-0.4, -0.2) is 31.1 Å². The van der Waals surface area contributed by atoms with Crippen molar-refractivity contribution >= 4 is 23.5 Å². The second-order valence-electron chi connectivity index (χ2n) is 6.03. The maximum atomic E-state index is 12.5. The van der Waals surface area contributed by atoms with Gasteiger partial charge in [0.15, 0.2) is 16.7 Å². The molecule has 0 unspecified atom stereocenters. The van der Waals surface area contributed by atoms with Crippen LogP contribution in [0.25, 0.3) is 17.3 Å². The molecule has 0 fully saturated rings. The highest BCUT2D eigenvalue weighted by Crippen LogP contribution is 2.30. The standard InChI is InChI=1S/C19H17N5O3S/c1-12-11-16(23-27-12)20-18(25)13(2)28-19-22-21-17(15-9-6-10-26-15)24(19)14-7-4-3-5-8-14/h3-11,13H,1-2H3,(H,20,23,25)/t13-/m1/s1. The Morgan fingerprint density at radius 1 is 1.18 bits per heavy atom. The van der Waals surface area contributed by atoms with E-state index in [2.05, 4.69) is 20.7 Å². The van der Waals surface area contributed by atoms with Crippen LogP contribution in [0.4, 0.5) is 5.82 Å². The first-order valence-corrected chi connectivity index (χ1v) is 9.45. The van der Waals surface area contributed by atoms with Crippen LogP contribution in [0.5, 0.6) is 0 Å². The summed E-state index contributed by atoms with van der Waals surface area (Å²) in [7, 11) is 0. The molecule has 3 heterocycles. The lowest BCUT2D eigenvalue weighted by Gasteiger charge is -2.12. The third-order valence-electron chi connectivity index (χ3n) is 3.92. The van der Waals surface area contributed by atoms with Crippen LogP contribution >= 0.6 is 11.8 Å². The number of carbonyl (C=O) groups is 1. The Labute approximate surface area is 164 Å². The maximum Gasteiger partial charge on any atom is 0.238 e. The van der Waals surface area contributed by atoms with E-state index in [9.17, 15) is 4.79 Å². The van der Waals surface area contributed by atoms with Crippen molar-refractivity contribution < 1.29 is 13.7 Å². The van der Waals surface area contributed by atoms with Gasteiger partial charge in [-0.25, -0.2) is 0 Å². The largest absolute Gasteiger partial charge is 0.461 e. The Morgan fingerprint density at radius 2 is 2.00 bits per heavy atom. The number of anilines is 1. The molecule has 28 heavy (non-hydrogen) atoms. The molecule has 0 spiro atoms.